The number of carbonyl (C=O) groups excluding carboxylic acids is 2. The summed E-state index contributed by atoms with van der Waals surface area (Å²) in [5.74, 6) is -2.29. The summed E-state index contributed by atoms with van der Waals surface area (Å²) in [4.78, 5) is 31.2. The number of aliphatic hydroxyl groups excluding tert-OH is 1. The van der Waals surface area contributed by atoms with Crippen molar-refractivity contribution in [3.05, 3.63) is 101 Å². The molecule has 0 radical (unpaired) electrons. The zero-order chi connectivity index (χ0) is 20.4. The van der Waals surface area contributed by atoms with Gasteiger partial charge in [-0.2, -0.15) is 0 Å². The van der Waals surface area contributed by atoms with Crippen molar-refractivity contribution in [3.8, 4) is 0 Å². The van der Waals surface area contributed by atoms with E-state index in [1.807, 2.05) is 30.3 Å². The second-order valence-corrected chi connectivity index (χ2v) is 7.19. The summed E-state index contributed by atoms with van der Waals surface area (Å²) in [6, 6.07) is 13.8. The third kappa shape index (κ3) is 3.60. The monoisotopic (exact) mass is 406 g/mol. The van der Waals surface area contributed by atoms with Gasteiger partial charge in [0.05, 0.1) is 11.6 Å². The van der Waals surface area contributed by atoms with E-state index in [1.54, 1.807) is 11.5 Å². The van der Waals surface area contributed by atoms with Gasteiger partial charge >= 0.3 is 0 Å². The van der Waals surface area contributed by atoms with E-state index in [-0.39, 0.29) is 5.57 Å². The molecule has 0 fully saturated rings. The molecule has 1 amide bonds. The van der Waals surface area contributed by atoms with Gasteiger partial charge in [0.2, 0.25) is 0 Å². The number of amides is 1. The predicted molar refractivity (Wildman–Crippen MR) is 109 cm³/mol. The molecule has 1 unspecified atom stereocenters. The lowest BCUT2D eigenvalue weighted by atomic mass is 9.95. The van der Waals surface area contributed by atoms with Gasteiger partial charge in [-0.1, -0.05) is 48.5 Å². The van der Waals surface area contributed by atoms with Crippen molar-refractivity contribution in [2.75, 3.05) is 4.90 Å². The van der Waals surface area contributed by atoms with Crippen LogP contribution in [0.25, 0.3) is 6.08 Å². The Morgan fingerprint density at radius 3 is 2.52 bits per heavy atom. The quantitative estimate of drug-likeness (QED) is 0.635. The molecule has 0 saturated heterocycles. The number of hydrogen-bond donors (Lipinski definition) is 1. The van der Waals surface area contributed by atoms with Crippen molar-refractivity contribution in [2.45, 2.75) is 6.04 Å². The Bertz CT molecular complexity index is 1110. The maximum absolute atomic E-state index is 13.4. The Morgan fingerprint density at radius 1 is 1.14 bits per heavy atom. The van der Waals surface area contributed by atoms with Gasteiger partial charge in [0, 0.05) is 11.6 Å². The number of ketones is 1. The van der Waals surface area contributed by atoms with Gasteiger partial charge in [-0.3, -0.25) is 14.5 Å². The molecule has 3 aromatic rings. The summed E-state index contributed by atoms with van der Waals surface area (Å²) in [7, 11) is 0. The Hall–Kier alpha value is -3.58. The number of aromatic nitrogens is 1. The zero-order valence-corrected chi connectivity index (χ0v) is 15.8. The van der Waals surface area contributed by atoms with E-state index >= 15 is 0 Å². The average Bonchev–Trinajstić information content (AvgIpc) is 3.35. The van der Waals surface area contributed by atoms with Crippen LogP contribution in [-0.4, -0.2) is 21.8 Å². The number of halogens is 1. The summed E-state index contributed by atoms with van der Waals surface area (Å²) in [5.41, 5.74) is 1.24. The maximum Gasteiger partial charge on any atom is 0.296 e. The van der Waals surface area contributed by atoms with E-state index in [0.717, 1.165) is 5.56 Å². The first-order valence-electron chi connectivity index (χ1n) is 8.75. The van der Waals surface area contributed by atoms with Gasteiger partial charge in [0.15, 0.2) is 16.7 Å². The van der Waals surface area contributed by atoms with Gasteiger partial charge in [0.25, 0.3) is 5.91 Å². The number of carbonyl (C=O) groups is 2. The van der Waals surface area contributed by atoms with E-state index in [1.165, 1.54) is 52.8 Å². The number of allylic oxidation sites excluding steroid dienone is 1. The number of aliphatic hydroxyl groups is 1. The highest BCUT2D eigenvalue weighted by molar-refractivity contribution is 7.13. The van der Waals surface area contributed by atoms with Crippen LogP contribution in [0.4, 0.5) is 9.52 Å². The topological polar surface area (TPSA) is 70.5 Å². The molecule has 0 saturated carbocycles. The maximum atomic E-state index is 13.4. The van der Waals surface area contributed by atoms with Gasteiger partial charge in [-0.05, 0) is 29.3 Å². The van der Waals surface area contributed by atoms with Crippen molar-refractivity contribution in [2.24, 2.45) is 0 Å². The molecule has 1 N–H and O–H groups in total. The lowest BCUT2D eigenvalue weighted by molar-refractivity contribution is -0.117. The first kappa shape index (κ1) is 18.8. The Labute approximate surface area is 170 Å². The summed E-state index contributed by atoms with van der Waals surface area (Å²) in [6.45, 7) is 0. The van der Waals surface area contributed by atoms with Crippen LogP contribution in [0.1, 0.15) is 17.2 Å². The van der Waals surface area contributed by atoms with Crippen molar-refractivity contribution >= 4 is 34.2 Å². The third-order valence-corrected chi connectivity index (χ3v) is 5.28. The molecule has 1 aliphatic heterocycles. The van der Waals surface area contributed by atoms with Crippen LogP contribution < -0.4 is 4.90 Å². The first-order chi connectivity index (χ1) is 14.1. The number of nitrogens with zero attached hydrogens (tertiary/aromatic N) is 2. The molecule has 2 aromatic carbocycles. The van der Waals surface area contributed by atoms with Crippen molar-refractivity contribution in [1.82, 2.24) is 4.98 Å². The van der Waals surface area contributed by atoms with Gasteiger partial charge < -0.3 is 5.11 Å². The lowest BCUT2D eigenvalue weighted by Gasteiger charge is -2.24. The zero-order valence-electron chi connectivity index (χ0n) is 15.0. The van der Waals surface area contributed by atoms with Crippen LogP contribution in [0.2, 0.25) is 0 Å². The van der Waals surface area contributed by atoms with E-state index in [4.69, 9.17) is 0 Å². The highest BCUT2D eigenvalue weighted by Crippen LogP contribution is 2.41. The van der Waals surface area contributed by atoms with E-state index in [2.05, 4.69) is 4.98 Å². The number of thiazole rings is 1. The number of anilines is 1. The van der Waals surface area contributed by atoms with E-state index < -0.39 is 29.3 Å². The third-order valence-electron chi connectivity index (χ3n) is 4.51. The average molecular weight is 406 g/mol. The van der Waals surface area contributed by atoms with Gasteiger partial charge in [-0.15, -0.1) is 11.3 Å². The highest BCUT2D eigenvalue weighted by atomic mass is 32.1. The van der Waals surface area contributed by atoms with Gasteiger partial charge in [0.1, 0.15) is 5.82 Å². The van der Waals surface area contributed by atoms with Crippen LogP contribution in [0.5, 0.6) is 0 Å². The van der Waals surface area contributed by atoms with Crippen LogP contribution in [0.15, 0.2) is 83.6 Å². The second kappa shape index (κ2) is 7.81. The van der Waals surface area contributed by atoms with Crippen LogP contribution in [-0.2, 0) is 9.59 Å². The molecule has 0 spiro atoms. The van der Waals surface area contributed by atoms with Crippen LogP contribution >= 0.6 is 11.3 Å². The molecule has 1 aromatic heterocycles. The summed E-state index contributed by atoms with van der Waals surface area (Å²) < 4.78 is 13.4. The van der Waals surface area contributed by atoms with Gasteiger partial charge in [-0.25, -0.2) is 9.37 Å². The molecule has 5 nitrogen and oxygen atoms in total. The fraction of sp³-hybridized carbons (Fsp3) is 0.0455. The lowest BCUT2D eigenvalue weighted by Crippen LogP contribution is -2.30. The van der Waals surface area contributed by atoms with Crippen LogP contribution in [0.3, 0.4) is 0 Å². The molecule has 4 rings (SSSR count). The molecule has 0 aliphatic carbocycles. The fourth-order valence-corrected chi connectivity index (χ4v) is 3.84. The smallest absolute Gasteiger partial charge is 0.296 e. The summed E-state index contributed by atoms with van der Waals surface area (Å²) in [6.07, 6.45) is 4.46. The molecule has 7 heteroatoms. The molecular formula is C22H15FN2O3S. The van der Waals surface area contributed by atoms with Crippen molar-refractivity contribution in [1.29, 1.82) is 0 Å². The fourth-order valence-electron chi connectivity index (χ4n) is 3.18. The Kier molecular flexibility index (Phi) is 5.05. The van der Waals surface area contributed by atoms with Crippen LogP contribution in [0, 0.1) is 5.82 Å². The SMILES string of the molecule is O=C(/C=C/c1ccccc1)C1=C(O)C(=O)N(c2nccs2)C1c1ccc(F)cc1. The molecule has 29 heavy (non-hydrogen) atoms. The number of hydrogen-bond acceptors (Lipinski definition) is 5. The van der Waals surface area contributed by atoms with Crippen molar-refractivity contribution < 1.29 is 19.1 Å². The predicted octanol–water partition coefficient (Wildman–Crippen LogP) is 4.46. The Balaban J connectivity index is 1.77. The first-order valence-corrected chi connectivity index (χ1v) is 9.63. The largest absolute Gasteiger partial charge is 0.503 e. The molecular weight excluding hydrogens is 391 g/mol. The highest BCUT2D eigenvalue weighted by Gasteiger charge is 2.44. The Morgan fingerprint density at radius 2 is 1.86 bits per heavy atom. The second-order valence-electron chi connectivity index (χ2n) is 6.31. The summed E-state index contributed by atoms with van der Waals surface area (Å²) in [5, 5.41) is 12.5. The van der Waals surface area contributed by atoms with E-state index in [0.29, 0.717) is 10.7 Å². The number of benzene rings is 2. The van der Waals surface area contributed by atoms with E-state index in [9.17, 15) is 19.1 Å². The minimum atomic E-state index is -0.901. The number of rotatable bonds is 5. The molecule has 144 valence electrons. The van der Waals surface area contributed by atoms with Crippen molar-refractivity contribution in [3.63, 3.8) is 0 Å². The molecule has 1 aliphatic rings. The normalized spacial score (nSPS) is 16.8. The molecule has 0 bridgehead atoms. The molecule has 1 atom stereocenters. The standard InChI is InChI=1S/C22H15FN2O3S/c23-16-9-7-15(8-10-16)19-18(17(26)11-6-14-4-2-1-3-5-14)20(27)21(28)25(19)22-24-12-13-29-22/h1-13,19,27H/b11-6+. The summed E-state index contributed by atoms with van der Waals surface area (Å²) >= 11 is 1.20. The minimum absolute atomic E-state index is 0.0658. The molecule has 2 heterocycles. The minimum Gasteiger partial charge on any atom is -0.503 e.